The van der Waals surface area contributed by atoms with Crippen LogP contribution in [0, 0.1) is 0 Å². The molecule has 0 fully saturated rings. The van der Waals surface area contributed by atoms with Gasteiger partial charge in [-0.3, -0.25) is 14.5 Å². The molecule has 5 heteroatoms. The molecule has 23 heavy (non-hydrogen) atoms. The lowest BCUT2D eigenvalue weighted by Crippen LogP contribution is -2.38. The number of amides is 1. The van der Waals surface area contributed by atoms with Gasteiger partial charge in [-0.2, -0.15) is 0 Å². The number of ether oxygens (including phenoxy) is 1. The minimum Gasteiger partial charge on any atom is -0.497 e. The molecule has 2 aromatic rings. The van der Waals surface area contributed by atoms with Gasteiger partial charge < -0.3 is 9.84 Å². The normalized spacial score (nSPS) is 17.8. The van der Waals surface area contributed by atoms with E-state index < -0.39 is 12.1 Å². The lowest BCUT2D eigenvalue weighted by molar-refractivity contribution is -0.125. The Morgan fingerprint density at radius 3 is 2.43 bits per heavy atom. The third-order valence-corrected chi connectivity index (χ3v) is 4.07. The summed E-state index contributed by atoms with van der Waals surface area (Å²) < 4.78 is 5.13. The quantitative estimate of drug-likeness (QED) is 0.941. The predicted molar refractivity (Wildman–Crippen MR) is 85.7 cm³/mol. The zero-order valence-electron chi connectivity index (χ0n) is 12.9. The van der Waals surface area contributed by atoms with E-state index in [9.17, 15) is 14.7 Å². The molecule has 1 aliphatic rings. The summed E-state index contributed by atoms with van der Waals surface area (Å²) in [6, 6.07) is 13.3. The Hall–Kier alpha value is -2.66. The largest absolute Gasteiger partial charge is 0.497 e. The number of hydrogen-bond acceptors (Lipinski definition) is 4. The topological polar surface area (TPSA) is 66.8 Å². The molecule has 0 aromatic heterocycles. The van der Waals surface area contributed by atoms with Gasteiger partial charge in [-0.15, -0.1) is 0 Å². The van der Waals surface area contributed by atoms with Gasteiger partial charge >= 0.3 is 0 Å². The van der Waals surface area contributed by atoms with Crippen LogP contribution in [0.25, 0.3) is 0 Å². The maximum atomic E-state index is 12.8. The molecular formula is C18H17NO4. The number of ketones is 1. The molecule has 0 saturated carbocycles. The molecule has 3 rings (SSSR count). The van der Waals surface area contributed by atoms with E-state index in [1.54, 1.807) is 55.6 Å². The van der Waals surface area contributed by atoms with E-state index in [2.05, 4.69) is 0 Å². The number of rotatable bonds is 4. The first-order chi connectivity index (χ1) is 11.0. The molecule has 2 aromatic carbocycles. The van der Waals surface area contributed by atoms with Crippen LogP contribution in [0.2, 0.25) is 0 Å². The minimum atomic E-state index is -1.27. The lowest BCUT2D eigenvalue weighted by atomic mass is 9.98. The van der Waals surface area contributed by atoms with Crippen LogP contribution >= 0.6 is 0 Å². The van der Waals surface area contributed by atoms with Crippen molar-refractivity contribution in [1.29, 1.82) is 0 Å². The van der Waals surface area contributed by atoms with Crippen molar-refractivity contribution in [3.63, 3.8) is 0 Å². The molecule has 0 spiro atoms. The monoisotopic (exact) mass is 311 g/mol. The second-order valence-corrected chi connectivity index (χ2v) is 5.46. The van der Waals surface area contributed by atoms with E-state index in [0.717, 1.165) is 0 Å². The summed E-state index contributed by atoms with van der Waals surface area (Å²) in [6.07, 6.45) is -1.27. The Kier molecular flexibility index (Phi) is 3.88. The maximum absolute atomic E-state index is 12.8. The molecule has 0 aliphatic carbocycles. The SMILES string of the molecule is COc1ccc(N2C(=O)c3ccccc3[C@@H]2[C@@H](O)C(C)=O)cc1. The highest BCUT2D eigenvalue weighted by Gasteiger charge is 2.42. The fourth-order valence-corrected chi connectivity index (χ4v) is 2.90. The average molecular weight is 311 g/mol. The Morgan fingerprint density at radius 1 is 1.17 bits per heavy atom. The Balaban J connectivity index is 2.10. The molecule has 118 valence electrons. The number of aliphatic hydroxyl groups excluding tert-OH is 1. The first kappa shape index (κ1) is 15.2. The van der Waals surface area contributed by atoms with Crippen molar-refractivity contribution < 1.29 is 19.4 Å². The van der Waals surface area contributed by atoms with E-state index in [4.69, 9.17) is 4.74 Å². The zero-order chi connectivity index (χ0) is 16.6. The van der Waals surface area contributed by atoms with Crippen LogP contribution in [-0.2, 0) is 4.79 Å². The van der Waals surface area contributed by atoms with Gasteiger partial charge in [0.1, 0.15) is 11.9 Å². The third-order valence-electron chi connectivity index (χ3n) is 4.07. The molecular weight excluding hydrogens is 294 g/mol. The van der Waals surface area contributed by atoms with Gasteiger partial charge in [0.15, 0.2) is 5.78 Å². The van der Waals surface area contributed by atoms with Crippen LogP contribution in [0.5, 0.6) is 5.75 Å². The van der Waals surface area contributed by atoms with Crippen molar-refractivity contribution in [2.45, 2.75) is 19.1 Å². The van der Waals surface area contributed by atoms with Gasteiger partial charge in [-0.1, -0.05) is 18.2 Å². The van der Waals surface area contributed by atoms with Crippen molar-refractivity contribution in [2.75, 3.05) is 12.0 Å². The molecule has 0 unspecified atom stereocenters. The number of aliphatic hydroxyl groups is 1. The fourth-order valence-electron chi connectivity index (χ4n) is 2.90. The highest BCUT2D eigenvalue weighted by Crippen LogP contribution is 2.40. The first-order valence-electron chi connectivity index (χ1n) is 7.29. The minimum absolute atomic E-state index is 0.226. The molecule has 1 aliphatic heterocycles. The van der Waals surface area contributed by atoms with E-state index in [-0.39, 0.29) is 11.7 Å². The van der Waals surface area contributed by atoms with Crippen LogP contribution in [-0.4, -0.2) is 30.0 Å². The van der Waals surface area contributed by atoms with E-state index in [1.807, 2.05) is 0 Å². The summed E-state index contributed by atoms with van der Waals surface area (Å²) in [7, 11) is 1.56. The first-order valence-corrected chi connectivity index (χ1v) is 7.29. The van der Waals surface area contributed by atoms with Crippen LogP contribution in [0.4, 0.5) is 5.69 Å². The molecule has 1 N–H and O–H groups in total. The second-order valence-electron chi connectivity index (χ2n) is 5.46. The summed E-state index contributed by atoms with van der Waals surface area (Å²) in [5.74, 6) is 0.0654. The summed E-state index contributed by atoms with van der Waals surface area (Å²) in [5.41, 5.74) is 1.78. The number of carbonyl (C=O) groups excluding carboxylic acids is 2. The zero-order valence-corrected chi connectivity index (χ0v) is 12.9. The van der Waals surface area contributed by atoms with Gasteiger partial charge in [-0.25, -0.2) is 0 Å². The van der Waals surface area contributed by atoms with Gasteiger partial charge in [-0.05, 0) is 42.8 Å². The molecule has 1 heterocycles. The number of benzene rings is 2. The smallest absolute Gasteiger partial charge is 0.259 e. The van der Waals surface area contributed by atoms with Crippen LogP contribution < -0.4 is 9.64 Å². The van der Waals surface area contributed by atoms with Crippen LogP contribution in [0.15, 0.2) is 48.5 Å². The standard InChI is InChI=1S/C18H17NO4/c1-11(20)17(21)16-14-5-3-4-6-15(14)18(22)19(16)12-7-9-13(23-2)10-8-12/h3-10,16-17,21H,1-2H3/t16-,17+/m1/s1. The van der Waals surface area contributed by atoms with Crippen molar-refractivity contribution in [1.82, 2.24) is 0 Å². The molecule has 0 bridgehead atoms. The molecule has 2 atom stereocenters. The Labute approximate surface area is 134 Å². The van der Waals surface area contributed by atoms with E-state index in [1.165, 1.54) is 11.8 Å². The predicted octanol–water partition coefficient (Wildman–Crippen LogP) is 2.35. The molecule has 0 saturated heterocycles. The van der Waals surface area contributed by atoms with Crippen LogP contribution in [0.3, 0.4) is 0 Å². The second kappa shape index (κ2) is 5.85. The highest BCUT2D eigenvalue weighted by atomic mass is 16.5. The van der Waals surface area contributed by atoms with Crippen molar-refractivity contribution in [3.8, 4) is 5.75 Å². The number of Topliss-reactive ketones (excluding diaryl/α,β-unsaturated/α-hetero) is 1. The lowest BCUT2D eigenvalue weighted by Gasteiger charge is -2.28. The summed E-state index contributed by atoms with van der Waals surface area (Å²) in [6.45, 7) is 1.32. The van der Waals surface area contributed by atoms with Crippen molar-refractivity contribution >= 4 is 17.4 Å². The fraction of sp³-hybridized carbons (Fsp3) is 0.222. The molecule has 1 amide bonds. The third kappa shape index (κ3) is 2.49. The number of fused-ring (bicyclic) bond motifs is 1. The average Bonchev–Trinajstić information content (AvgIpc) is 2.87. The number of nitrogens with zero attached hydrogens (tertiary/aromatic N) is 1. The Bertz CT molecular complexity index is 754. The number of carbonyl (C=O) groups is 2. The van der Waals surface area contributed by atoms with Gasteiger partial charge in [0, 0.05) is 11.3 Å². The van der Waals surface area contributed by atoms with Gasteiger partial charge in [0.2, 0.25) is 0 Å². The summed E-state index contributed by atoms with van der Waals surface area (Å²) >= 11 is 0. The Morgan fingerprint density at radius 2 is 1.83 bits per heavy atom. The number of hydrogen-bond donors (Lipinski definition) is 1. The van der Waals surface area contributed by atoms with Gasteiger partial charge in [0.05, 0.1) is 13.2 Å². The number of methoxy groups -OCH3 is 1. The highest BCUT2D eigenvalue weighted by molar-refractivity contribution is 6.12. The van der Waals surface area contributed by atoms with Crippen molar-refractivity contribution in [3.05, 3.63) is 59.7 Å². The van der Waals surface area contributed by atoms with Crippen molar-refractivity contribution in [2.24, 2.45) is 0 Å². The summed E-state index contributed by atoms with van der Waals surface area (Å²) in [4.78, 5) is 25.9. The summed E-state index contributed by atoms with van der Waals surface area (Å²) in [5, 5.41) is 10.4. The molecule has 5 nitrogen and oxygen atoms in total. The van der Waals surface area contributed by atoms with Gasteiger partial charge in [0.25, 0.3) is 5.91 Å². The van der Waals surface area contributed by atoms with Crippen LogP contribution in [0.1, 0.15) is 28.9 Å². The van der Waals surface area contributed by atoms with E-state index >= 15 is 0 Å². The molecule has 0 radical (unpaired) electrons. The maximum Gasteiger partial charge on any atom is 0.259 e. The number of anilines is 1. The van der Waals surface area contributed by atoms with E-state index in [0.29, 0.717) is 22.6 Å².